The number of phenolic OH excluding ortho intramolecular Hbond substituents is 1. The quantitative estimate of drug-likeness (QED) is 0.565. The molecule has 0 radical (unpaired) electrons. The van der Waals surface area contributed by atoms with Gasteiger partial charge in [-0.1, -0.05) is 13.3 Å². The van der Waals surface area contributed by atoms with Gasteiger partial charge in [0, 0.05) is 17.3 Å². The molecule has 6 nitrogen and oxygen atoms in total. The van der Waals surface area contributed by atoms with Crippen LogP contribution in [0.15, 0.2) is 22.7 Å². The molecule has 21 heavy (non-hydrogen) atoms. The number of nitrogen functional groups attached to an aromatic ring is 1. The number of aromatic nitrogens is 2. The molecule has 1 aromatic heterocycles. The molecule has 2 rings (SSSR count). The summed E-state index contributed by atoms with van der Waals surface area (Å²) in [5.74, 6) is 6.92. The Balaban J connectivity index is 2.55. The van der Waals surface area contributed by atoms with Crippen molar-refractivity contribution in [2.45, 2.75) is 19.8 Å². The van der Waals surface area contributed by atoms with Crippen molar-refractivity contribution in [3.05, 3.63) is 28.4 Å². The van der Waals surface area contributed by atoms with Crippen LogP contribution in [0.5, 0.6) is 11.5 Å². The van der Waals surface area contributed by atoms with Crippen LogP contribution in [-0.4, -0.2) is 22.2 Å². The number of ether oxygens (including phenoxy) is 1. The van der Waals surface area contributed by atoms with E-state index in [2.05, 4.69) is 38.2 Å². The molecule has 1 aromatic carbocycles. The second-order valence-electron chi connectivity index (χ2n) is 4.47. The maximum atomic E-state index is 9.86. The van der Waals surface area contributed by atoms with Gasteiger partial charge >= 0.3 is 0 Å². The van der Waals surface area contributed by atoms with Gasteiger partial charge in [-0.15, -0.1) is 0 Å². The summed E-state index contributed by atoms with van der Waals surface area (Å²) in [6, 6.07) is 5.24. The maximum Gasteiger partial charge on any atom is 0.172 e. The van der Waals surface area contributed by atoms with Gasteiger partial charge in [0.1, 0.15) is 5.82 Å². The summed E-state index contributed by atoms with van der Waals surface area (Å²) in [5.41, 5.74) is 4.18. The molecule has 0 amide bonds. The number of aryl methyl sites for hydroxylation is 1. The number of hydrazine groups is 1. The highest BCUT2D eigenvalue weighted by molar-refractivity contribution is 9.10. The predicted octanol–water partition coefficient (Wildman–Crippen LogP) is 2.86. The number of phenols is 1. The number of hydrogen-bond donors (Lipinski definition) is 3. The highest BCUT2D eigenvalue weighted by atomic mass is 79.9. The van der Waals surface area contributed by atoms with E-state index < -0.39 is 0 Å². The van der Waals surface area contributed by atoms with E-state index >= 15 is 0 Å². The molecule has 0 bridgehead atoms. The summed E-state index contributed by atoms with van der Waals surface area (Å²) >= 11 is 3.29. The first kappa shape index (κ1) is 15.5. The Kier molecular flexibility index (Phi) is 4.98. The Morgan fingerprint density at radius 3 is 2.71 bits per heavy atom. The first-order valence-corrected chi connectivity index (χ1v) is 7.29. The van der Waals surface area contributed by atoms with Crippen molar-refractivity contribution in [3.63, 3.8) is 0 Å². The average molecular weight is 353 g/mol. The molecule has 0 saturated heterocycles. The molecular weight excluding hydrogens is 336 g/mol. The number of anilines is 1. The maximum absolute atomic E-state index is 9.86. The van der Waals surface area contributed by atoms with Crippen LogP contribution < -0.4 is 16.0 Å². The molecule has 1 heterocycles. The molecule has 0 aliphatic rings. The molecule has 0 fully saturated rings. The van der Waals surface area contributed by atoms with E-state index in [9.17, 15) is 5.11 Å². The number of nitrogens with one attached hydrogen (secondary N) is 1. The monoisotopic (exact) mass is 352 g/mol. The lowest BCUT2D eigenvalue weighted by atomic mass is 10.1. The van der Waals surface area contributed by atoms with Crippen LogP contribution in [0, 0.1) is 0 Å². The van der Waals surface area contributed by atoms with Gasteiger partial charge in [0.05, 0.1) is 11.6 Å². The van der Waals surface area contributed by atoms with E-state index in [1.165, 1.54) is 7.11 Å². The van der Waals surface area contributed by atoms with Crippen LogP contribution in [0.1, 0.15) is 19.0 Å². The first-order valence-electron chi connectivity index (χ1n) is 6.50. The molecule has 7 heteroatoms. The summed E-state index contributed by atoms with van der Waals surface area (Å²) < 4.78 is 5.66. The Bertz CT molecular complexity index is 649. The van der Waals surface area contributed by atoms with Gasteiger partial charge in [-0.05, 0) is 34.5 Å². The van der Waals surface area contributed by atoms with Gasteiger partial charge in [-0.2, -0.15) is 0 Å². The Morgan fingerprint density at radius 2 is 2.10 bits per heavy atom. The second-order valence-corrected chi connectivity index (χ2v) is 5.33. The lowest BCUT2D eigenvalue weighted by Gasteiger charge is -2.10. The van der Waals surface area contributed by atoms with E-state index in [-0.39, 0.29) is 5.75 Å². The molecule has 4 N–H and O–H groups in total. The number of rotatable bonds is 5. The fraction of sp³-hybridized carbons (Fsp3) is 0.286. The molecule has 0 saturated carbocycles. The molecule has 0 unspecified atom stereocenters. The summed E-state index contributed by atoms with van der Waals surface area (Å²) in [5, 5.41) is 9.86. The minimum atomic E-state index is 0.0446. The summed E-state index contributed by atoms with van der Waals surface area (Å²) in [4.78, 5) is 8.87. The first-order chi connectivity index (χ1) is 10.1. The van der Waals surface area contributed by atoms with Crippen molar-refractivity contribution in [3.8, 4) is 22.9 Å². The lowest BCUT2D eigenvalue weighted by Crippen LogP contribution is -2.10. The van der Waals surface area contributed by atoms with E-state index in [0.717, 1.165) is 24.1 Å². The fourth-order valence-corrected chi connectivity index (χ4v) is 2.39. The molecule has 2 aromatic rings. The summed E-state index contributed by atoms with van der Waals surface area (Å²) in [6.45, 7) is 2.08. The fourth-order valence-electron chi connectivity index (χ4n) is 1.94. The SMILES string of the molecule is CCCc1cc(NN)nc(-c2cc(Br)c(O)c(OC)c2)n1. The van der Waals surface area contributed by atoms with E-state index in [1.54, 1.807) is 12.1 Å². The zero-order chi connectivity index (χ0) is 15.4. The number of hydrogen-bond acceptors (Lipinski definition) is 6. The molecule has 0 aliphatic carbocycles. The number of nitrogens with two attached hydrogens (primary N) is 1. The third-order valence-corrected chi connectivity index (χ3v) is 3.54. The largest absolute Gasteiger partial charge is 0.503 e. The van der Waals surface area contributed by atoms with Gasteiger partial charge < -0.3 is 15.3 Å². The number of benzene rings is 1. The van der Waals surface area contributed by atoms with Crippen molar-refractivity contribution in [2.75, 3.05) is 12.5 Å². The normalized spacial score (nSPS) is 10.5. The molecule has 112 valence electrons. The van der Waals surface area contributed by atoms with E-state index in [1.807, 2.05) is 6.07 Å². The number of nitrogens with zero attached hydrogens (tertiary/aromatic N) is 2. The zero-order valence-corrected chi connectivity index (χ0v) is 13.4. The van der Waals surface area contributed by atoms with Crippen LogP contribution >= 0.6 is 15.9 Å². The highest BCUT2D eigenvalue weighted by Gasteiger charge is 2.13. The summed E-state index contributed by atoms with van der Waals surface area (Å²) in [7, 11) is 1.49. The van der Waals surface area contributed by atoms with Gasteiger partial charge in [-0.25, -0.2) is 15.8 Å². The van der Waals surface area contributed by atoms with E-state index in [0.29, 0.717) is 21.9 Å². The van der Waals surface area contributed by atoms with Crippen LogP contribution in [-0.2, 0) is 6.42 Å². The zero-order valence-electron chi connectivity index (χ0n) is 11.9. The van der Waals surface area contributed by atoms with E-state index in [4.69, 9.17) is 10.6 Å². The Morgan fingerprint density at radius 1 is 1.33 bits per heavy atom. The van der Waals surface area contributed by atoms with Gasteiger partial charge in [0.15, 0.2) is 17.3 Å². The van der Waals surface area contributed by atoms with Crippen molar-refractivity contribution in [2.24, 2.45) is 5.84 Å². The van der Waals surface area contributed by atoms with Gasteiger partial charge in [0.2, 0.25) is 0 Å². The molecule has 0 atom stereocenters. The second kappa shape index (κ2) is 6.73. The van der Waals surface area contributed by atoms with Gasteiger partial charge in [0.25, 0.3) is 0 Å². The Hall–Kier alpha value is -1.86. The third kappa shape index (κ3) is 3.43. The van der Waals surface area contributed by atoms with Crippen molar-refractivity contribution in [1.82, 2.24) is 9.97 Å². The van der Waals surface area contributed by atoms with Crippen molar-refractivity contribution < 1.29 is 9.84 Å². The highest BCUT2D eigenvalue weighted by Crippen LogP contribution is 2.37. The van der Waals surface area contributed by atoms with Crippen LogP contribution in [0.3, 0.4) is 0 Å². The topological polar surface area (TPSA) is 93.3 Å². The number of methoxy groups -OCH3 is 1. The summed E-state index contributed by atoms with van der Waals surface area (Å²) in [6.07, 6.45) is 1.81. The molecule has 0 aliphatic heterocycles. The number of aromatic hydroxyl groups is 1. The minimum Gasteiger partial charge on any atom is -0.503 e. The van der Waals surface area contributed by atoms with Crippen molar-refractivity contribution >= 4 is 21.7 Å². The van der Waals surface area contributed by atoms with Gasteiger partial charge in [-0.3, -0.25) is 0 Å². The standard InChI is InChI=1S/C14H17BrN4O2/c1-3-4-9-7-12(19-16)18-14(17-9)8-5-10(15)13(20)11(6-8)21-2/h5-7,20H,3-4,16H2,1-2H3,(H,17,18,19). The molecule has 0 spiro atoms. The third-order valence-electron chi connectivity index (χ3n) is 2.94. The minimum absolute atomic E-state index is 0.0446. The average Bonchev–Trinajstić information content (AvgIpc) is 2.49. The van der Waals surface area contributed by atoms with Crippen LogP contribution in [0.2, 0.25) is 0 Å². The Labute approximate surface area is 131 Å². The van der Waals surface area contributed by atoms with Crippen molar-refractivity contribution in [1.29, 1.82) is 0 Å². The smallest absolute Gasteiger partial charge is 0.172 e. The van der Waals surface area contributed by atoms with Crippen LogP contribution in [0.4, 0.5) is 5.82 Å². The lowest BCUT2D eigenvalue weighted by molar-refractivity contribution is 0.372. The van der Waals surface area contributed by atoms with Crippen LogP contribution in [0.25, 0.3) is 11.4 Å². The molecular formula is C14H17BrN4O2. The predicted molar refractivity (Wildman–Crippen MR) is 85.2 cm³/mol. The number of halogens is 1.